The Kier molecular flexibility index (Phi) is 3.76. The lowest BCUT2D eigenvalue weighted by Gasteiger charge is -2.40. The van der Waals surface area contributed by atoms with Gasteiger partial charge >= 0.3 is 0 Å². The third-order valence-electron chi connectivity index (χ3n) is 4.60. The van der Waals surface area contributed by atoms with Gasteiger partial charge in [0, 0.05) is 19.3 Å². The molecule has 0 radical (unpaired) electrons. The minimum Gasteiger partial charge on any atom is -0.378 e. The standard InChI is InChI=1S/C16H22N2O2/c1-20-16(7-3-8-16)10-15(19)18-14-5-2-4-12-6-9-17-11-13(12)14/h2,4-5,17H,3,6-11H2,1H3,(H,18,19). The fourth-order valence-corrected chi connectivity index (χ4v) is 3.14. The predicted molar refractivity (Wildman–Crippen MR) is 78.7 cm³/mol. The molecule has 1 aliphatic carbocycles. The molecule has 0 unspecified atom stereocenters. The highest BCUT2D eigenvalue weighted by Crippen LogP contribution is 2.38. The van der Waals surface area contributed by atoms with Crippen LogP contribution in [0, 0.1) is 0 Å². The summed E-state index contributed by atoms with van der Waals surface area (Å²) in [5, 5.41) is 6.43. The van der Waals surface area contributed by atoms with Crippen molar-refractivity contribution in [3.05, 3.63) is 29.3 Å². The van der Waals surface area contributed by atoms with Crippen molar-refractivity contribution < 1.29 is 9.53 Å². The van der Waals surface area contributed by atoms with Crippen molar-refractivity contribution in [1.82, 2.24) is 5.32 Å². The first-order chi connectivity index (χ1) is 9.72. The Balaban J connectivity index is 1.70. The molecule has 108 valence electrons. The molecule has 1 fully saturated rings. The van der Waals surface area contributed by atoms with Gasteiger partial charge < -0.3 is 15.4 Å². The van der Waals surface area contributed by atoms with Crippen LogP contribution in [0.3, 0.4) is 0 Å². The van der Waals surface area contributed by atoms with E-state index in [2.05, 4.69) is 16.7 Å². The SMILES string of the molecule is COC1(CC(=O)Nc2cccc3c2CNCC3)CCC1. The summed E-state index contributed by atoms with van der Waals surface area (Å²) in [6.07, 6.45) is 4.63. The van der Waals surface area contributed by atoms with E-state index in [9.17, 15) is 4.79 Å². The van der Waals surface area contributed by atoms with Crippen LogP contribution in [0.2, 0.25) is 0 Å². The van der Waals surface area contributed by atoms with Crippen LogP contribution in [-0.2, 0) is 22.5 Å². The van der Waals surface area contributed by atoms with E-state index < -0.39 is 0 Å². The maximum absolute atomic E-state index is 12.3. The highest BCUT2D eigenvalue weighted by Gasteiger charge is 2.39. The molecule has 2 aliphatic rings. The van der Waals surface area contributed by atoms with E-state index in [1.165, 1.54) is 11.1 Å². The van der Waals surface area contributed by atoms with Gasteiger partial charge in [0.25, 0.3) is 0 Å². The van der Waals surface area contributed by atoms with Crippen LogP contribution in [0.4, 0.5) is 5.69 Å². The van der Waals surface area contributed by atoms with Gasteiger partial charge in [-0.05, 0) is 49.4 Å². The van der Waals surface area contributed by atoms with E-state index in [1.807, 2.05) is 12.1 Å². The number of methoxy groups -OCH3 is 1. The molecule has 4 nitrogen and oxygen atoms in total. The minimum atomic E-state index is -0.211. The Morgan fingerprint density at radius 2 is 2.30 bits per heavy atom. The zero-order valence-electron chi connectivity index (χ0n) is 12.0. The number of fused-ring (bicyclic) bond motifs is 1. The van der Waals surface area contributed by atoms with Crippen LogP contribution in [0.5, 0.6) is 0 Å². The van der Waals surface area contributed by atoms with Crippen molar-refractivity contribution in [2.45, 2.75) is 44.2 Å². The van der Waals surface area contributed by atoms with E-state index >= 15 is 0 Å². The van der Waals surface area contributed by atoms with Crippen molar-refractivity contribution in [3.63, 3.8) is 0 Å². The summed E-state index contributed by atoms with van der Waals surface area (Å²) in [6.45, 7) is 1.85. The lowest BCUT2D eigenvalue weighted by atomic mass is 9.77. The monoisotopic (exact) mass is 274 g/mol. The normalized spacial score (nSPS) is 19.9. The summed E-state index contributed by atoms with van der Waals surface area (Å²) in [7, 11) is 1.71. The molecule has 0 bridgehead atoms. The average Bonchev–Trinajstić information content (AvgIpc) is 2.43. The quantitative estimate of drug-likeness (QED) is 0.885. The smallest absolute Gasteiger partial charge is 0.227 e. The number of ether oxygens (including phenoxy) is 1. The van der Waals surface area contributed by atoms with Gasteiger partial charge in [0.1, 0.15) is 0 Å². The lowest BCUT2D eigenvalue weighted by molar-refractivity contribution is -0.129. The molecule has 0 aromatic heterocycles. The summed E-state index contributed by atoms with van der Waals surface area (Å²) in [6, 6.07) is 6.16. The molecule has 1 aromatic carbocycles. The zero-order chi connectivity index (χ0) is 14.0. The molecule has 1 aromatic rings. The fourth-order valence-electron chi connectivity index (χ4n) is 3.14. The van der Waals surface area contributed by atoms with Crippen molar-refractivity contribution in [2.24, 2.45) is 0 Å². The van der Waals surface area contributed by atoms with Crippen LogP contribution in [0.15, 0.2) is 18.2 Å². The van der Waals surface area contributed by atoms with Crippen LogP contribution < -0.4 is 10.6 Å². The van der Waals surface area contributed by atoms with E-state index in [0.29, 0.717) is 6.42 Å². The number of anilines is 1. The van der Waals surface area contributed by atoms with Crippen molar-refractivity contribution in [1.29, 1.82) is 0 Å². The number of hydrogen-bond acceptors (Lipinski definition) is 3. The summed E-state index contributed by atoms with van der Waals surface area (Å²) >= 11 is 0. The summed E-state index contributed by atoms with van der Waals surface area (Å²) in [5.41, 5.74) is 3.31. The van der Waals surface area contributed by atoms with Crippen LogP contribution in [0.25, 0.3) is 0 Å². The highest BCUT2D eigenvalue weighted by molar-refractivity contribution is 5.92. The lowest BCUT2D eigenvalue weighted by Crippen LogP contribution is -2.42. The predicted octanol–water partition coefficient (Wildman–Crippen LogP) is 2.23. The summed E-state index contributed by atoms with van der Waals surface area (Å²) in [5.74, 6) is 0.0607. The van der Waals surface area contributed by atoms with Crippen LogP contribution in [-0.4, -0.2) is 25.2 Å². The Labute approximate surface area is 119 Å². The first-order valence-corrected chi connectivity index (χ1v) is 7.39. The number of rotatable bonds is 4. The van der Waals surface area contributed by atoms with Crippen molar-refractivity contribution in [2.75, 3.05) is 19.0 Å². The van der Waals surface area contributed by atoms with Crippen LogP contribution >= 0.6 is 0 Å². The van der Waals surface area contributed by atoms with Gasteiger partial charge in [0.15, 0.2) is 0 Å². The largest absolute Gasteiger partial charge is 0.378 e. The molecule has 20 heavy (non-hydrogen) atoms. The average molecular weight is 274 g/mol. The third kappa shape index (κ3) is 2.58. The van der Waals surface area contributed by atoms with Gasteiger partial charge in [-0.1, -0.05) is 12.1 Å². The van der Waals surface area contributed by atoms with Gasteiger partial charge in [-0.25, -0.2) is 0 Å². The topological polar surface area (TPSA) is 50.4 Å². The molecule has 0 atom stereocenters. The number of carbonyl (C=O) groups is 1. The van der Waals surface area contributed by atoms with Gasteiger partial charge in [-0.3, -0.25) is 4.79 Å². The summed E-state index contributed by atoms with van der Waals surface area (Å²) < 4.78 is 5.52. The maximum Gasteiger partial charge on any atom is 0.227 e. The number of hydrogen-bond donors (Lipinski definition) is 2. The number of nitrogens with one attached hydrogen (secondary N) is 2. The van der Waals surface area contributed by atoms with Gasteiger partial charge in [0.05, 0.1) is 12.0 Å². The Morgan fingerprint density at radius 1 is 1.45 bits per heavy atom. The second-order valence-electron chi connectivity index (χ2n) is 5.84. The van der Waals surface area contributed by atoms with Gasteiger partial charge in [0.2, 0.25) is 5.91 Å². The molecule has 1 saturated carbocycles. The molecule has 3 rings (SSSR count). The second kappa shape index (κ2) is 5.54. The van der Waals surface area contributed by atoms with Gasteiger partial charge in [-0.2, -0.15) is 0 Å². The molecule has 0 saturated heterocycles. The van der Waals surface area contributed by atoms with E-state index in [0.717, 1.165) is 44.5 Å². The minimum absolute atomic E-state index is 0.0607. The second-order valence-corrected chi connectivity index (χ2v) is 5.84. The first-order valence-electron chi connectivity index (χ1n) is 7.39. The van der Waals surface area contributed by atoms with Crippen LogP contribution in [0.1, 0.15) is 36.8 Å². The molecular weight excluding hydrogens is 252 g/mol. The Bertz CT molecular complexity index is 504. The van der Waals surface area contributed by atoms with Crippen molar-refractivity contribution in [3.8, 4) is 0 Å². The molecule has 2 N–H and O–H groups in total. The maximum atomic E-state index is 12.3. The third-order valence-corrected chi connectivity index (χ3v) is 4.60. The van der Waals surface area contributed by atoms with Gasteiger partial charge in [-0.15, -0.1) is 0 Å². The molecule has 0 spiro atoms. The Morgan fingerprint density at radius 3 is 3.00 bits per heavy atom. The van der Waals surface area contributed by atoms with Crippen molar-refractivity contribution >= 4 is 11.6 Å². The summed E-state index contributed by atoms with van der Waals surface area (Å²) in [4.78, 5) is 12.3. The van der Waals surface area contributed by atoms with E-state index in [4.69, 9.17) is 4.74 Å². The zero-order valence-corrected chi connectivity index (χ0v) is 12.0. The number of amides is 1. The highest BCUT2D eigenvalue weighted by atomic mass is 16.5. The Hall–Kier alpha value is -1.39. The molecule has 1 amide bonds. The first kappa shape index (κ1) is 13.6. The van der Waals surface area contributed by atoms with E-state index in [-0.39, 0.29) is 11.5 Å². The number of benzene rings is 1. The molecule has 4 heteroatoms. The van der Waals surface area contributed by atoms with E-state index in [1.54, 1.807) is 7.11 Å². The number of carbonyl (C=O) groups excluding carboxylic acids is 1. The molecule has 1 heterocycles. The molecular formula is C16H22N2O2. The fraction of sp³-hybridized carbons (Fsp3) is 0.562. The molecule has 1 aliphatic heterocycles.